The van der Waals surface area contributed by atoms with Gasteiger partial charge >= 0.3 is 0 Å². The zero-order chi connectivity index (χ0) is 13.4. The first-order chi connectivity index (χ1) is 9.11. The Morgan fingerprint density at radius 2 is 2.05 bits per heavy atom. The highest BCUT2D eigenvalue weighted by atomic mass is 35.5. The van der Waals surface area contributed by atoms with E-state index in [1.165, 1.54) is 17.4 Å². The first kappa shape index (κ1) is 12.4. The number of benzene rings is 2. The van der Waals surface area contributed by atoms with Crippen molar-refractivity contribution in [1.29, 1.82) is 0 Å². The van der Waals surface area contributed by atoms with E-state index in [0.29, 0.717) is 16.3 Å². The van der Waals surface area contributed by atoms with Crippen molar-refractivity contribution in [1.82, 2.24) is 4.98 Å². The van der Waals surface area contributed by atoms with Crippen LogP contribution in [0.15, 0.2) is 36.4 Å². The first-order valence-electron chi connectivity index (χ1n) is 5.71. The van der Waals surface area contributed by atoms with E-state index in [4.69, 9.17) is 11.6 Å². The average Bonchev–Trinajstić information content (AvgIpc) is 2.75. The minimum Gasteiger partial charge on any atom is -0.331 e. The Kier molecular flexibility index (Phi) is 3.12. The SMILES string of the molecule is Cc1ccc(Nc2nc3ccc(Cl)cc3s2)cc1F. The van der Waals surface area contributed by atoms with E-state index in [1.54, 1.807) is 19.1 Å². The molecule has 0 atom stereocenters. The van der Waals surface area contributed by atoms with Crippen LogP contribution >= 0.6 is 22.9 Å². The minimum atomic E-state index is -0.228. The Morgan fingerprint density at radius 3 is 2.84 bits per heavy atom. The van der Waals surface area contributed by atoms with Gasteiger partial charge in [0.15, 0.2) is 5.13 Å². The van der Waals surface area contributed by atoms with E-state index in [2.05, 4.69) is 10.3 Å². The van der Waals surface area contributed by atoms with E-state index < -0.39 is 0 Å². The van der Waals surface area contributed by atoms with Crippen LogP contribution in [-0.2, 0) is 0 Å². The van der Waals surface area contributed by atoms with E-state index in [0.717, 1.165) is 15.3 Å². The molecule has 0 aliphatic heterocycles. The molecule has 0 aliphatic rings. The third kappa shape index (κ3) is 2.55. The standard InChI is InChI=1S/C14H10ClFN2S/c1-8-2-4-10(7-11(8)16)17-14-18-12-5-3-9(15)6-13(12)19-14/h2-7H,1H3,(H,17,18). The molecule has 3 aromatic rings. The zero-order valence-electron chi connectivity index (χ0n) is 10.1. The molecule has 0 fully saturated rings. The van der Waals surface area contributed by atoms with Crippen LogP contribution in [0.1, 0.15) is 5.56 Å². The molecule has 0 unspecified atom stereocenters. The van der Waals surface area contributed by atoms with Crippen molar-refractivity contribution in [3.05, 3.63) is 52.8 Å². The Morgan fingerprint density at radius 1 is 1.21 bits per heavy atom. The molecule has 1 N–H and O–H groups in total. The second-order valence-electron chi connectivity index (χ2n) is 4.22. The molecule has 3 rings (SSSR count). The molecular formula is C14H10ClFN2S. The topological polar surface area (TPSA) is 24.9 Å². The Hall–Kier alpha value is -1.65. The van der Waals surface area contributed by atoms with E-state index >= 15 is 0 Å². The van der Waals surface area contributed by atoms with Crippen molar-refractivity contribution in [3.63, 3.8) is 0 Å². The molecule has 0 saturated carbocycles. The number of anilines is 2. The molecule has 0 saturated heterocycles. The molecule has 1 heterocycles. The highest BCUT2D eigenvalue weighted by molar-refractivity contribution is 7.22. The molecule has 0 bridgehead atoms. The van der Waals surface area contributed by atoms with E-state index in [9.17, 15) is 4.39 Å². The fourth-order valence-corrected chi connectivity index (χ4v) is 2.91. The summed E-state index contributed by atoms with van der Waals surface area (Å²) in [5, 5.41) is 4.51. The third-order valence-electron chi connectivity index (χ3n) is 2.77. The van der Waals surface area contributed by atoms with Gasteiger partial charge in [0.25, 0.3) is 0 Å². The summed E-state index contributed by atoms with van der Waals surface area (Å²) in [5.41, 5.74) is 2.19. The molecular weight excluding hydrogens is 283 g/mol. The largest absolute Gasteiger partial charge is 0.331 e. The molecule has 2 nitrogen and oxygen atoms in total. The molecule has 96 valence electrons. The smallest absolute Gasteiger partial charge is 0.188 e. The van der Waals surface area contributed by atoms with Crippen molar-refractivity contribution in [2.24, 2.45) is 0 Å². The predicted octanol–water partition coefficient (Wildman–Crippen LogP) is 5.14. The van der Waals surface area contributed by atoms with Gasteiger partial charge in [-0.2, -0.15) is 0 Å². The van der Waals surface area contributed by atoms with Crippen molar-refractivity contribution in [2.75, 3.05) is 5.32 Å². The van der Waals surface area contributed by atoms with Crippen LogP contribution in [0.2, 0.25) is 5.02 Å². The maximum atomic E-state index is 13.5. The van der Waals surface area contributed by atoms with Gasteiger partial charge in [-0.25, -0.2) is 9.37 Å². The third-order valence-corrected chi connectivity index (χ3v) is 3.94. The number of aryl methyl sites for hydroxylation is 1. The van der Waals surface area contributed by atoms with Gasteiger partial charge in [-0.05, 0) is 42.8 Å². The molecule has 0 aliphatic carbocycles. The van der Waals surface area contributed by atoms with Gasteiger partial charge in [-0.15, -0.1) is 0 Å². The molecule has 1 aromatic heterocycles. The maximum absolute atomic E-state index is 13.5. The molecule has 0 radical (unpaired) electrons. The van der Waals surface area contributed by atoms with Crippen LogP contribution in [0.25, 0.3) is 10.2 Å². The fourth-order valence-electron chi connectivity index (χ4n) is 1.75. The lowest BCUT2D eigenvalue weighted by atomic mass is 10.2. The molecule has 0 spiro atoms. The maximum Gasteiger partial charge on any atom is 0.188 e. The molecule has 2 aromatic carbocycles. The Labute approximate surface area is 118 Å². The summed E-state index contributed by atoms with van der Waals surface area (Å²) in [5.74, 6) is -0.228. The van der Waals surface area contributed by atoms with Crippen LogP contribution in [0, 0.1) is 12.7 Å². The number of hydrogen-bond donors (Lipinski definition) is 1. The second kappa shape index (κ2) is 4.79. The second-order valence-corrected chi connectivity index (χ2v) is 5.69. The normalized spacial score (nSPS) is 10.9. The number of hydrogen-bond acceptors (Lipinski definition) is 3. The highest BCUT2D eigenvalue weighted by Crippen LogP contribution is 2.30. The van der Waals surface area contributed by atoms with Gasteiger partial charge in [0.05, 0.1) is 10.2 Å². The summed E-state index contributed by atoms with van der Waals surface area (Å²) in [6, 6.07) is 10.6. The van der Waals surface area contributed by atoms with E-state index in [1.807, 2.05) is 18.2 Å². The van der Waals surface area contributed by atoms with Gasteiger partial charge < -0.3 is 5.32 Å². The summed E-state index contributed by atoms with van der Waals surface area (Å²) in [7, 11) is 0. The van der Waals surface area contributed by atoms with Gasteiger partial charge in [0, 0.05) is 10.7 Å². The molecule has 19 heavy (non-hydrogen) atoms. The number of rotatable bonds is 2. The van der Waals surface area contributed by atoms with Gasteiger partial charge in [-0.3, -0.25) is 0 Å². The number of halogens is 2. The van der Waals surface area contributed by atoms with Crippen LogP contribution in [0.4, 0.5) is 15.2 Å². The zero-order valence-corrected chi connectivity index (χ0v) is 11.6. The molecule has 5 heteroatoms. The van der Waals surface area contributed by atoms with Crippen molar-refractivity contribution >= 4 is 44.0 Å². The Balaban J connectivity index is 1.94. The fraction of sp³-hybridized carbons (Fsp3) is 0.0714. The summed E-state index contributed by atoms with van der Waals surface area (Å²) in [6.45, 7) is 1.73. The minimum absolute atomic E-state index is 0.228. The van der Waals surface area contributed by atoms with E-state index in [-0.39, 0.29) is 5.82 Å². The number of fused-ring (bicyclic) bond motifs is 1. The first-order valence-corrected chi connectivity index (χ1v) is 6.90. The van der Waals surface area contributed by atoms with Gasteiger partial charge in [0.2, 0.25) is 0 Å². The summed E-state index contributed by atoms with van der Waals surface area (Å²) < 4.78 is 14.5. The number of nitrogens with one attached hydrogen (secondary N) is 1. The van der Waals surface area contributed by atoms with Crippen LogP contribution in [0.5, 0.6) is 0 Å². The number of nitrogens with zero attached hydrogens (tertiary/aromatic N) is 1. The molecule has 0 amide bonds. The van der Waals surface area contributed by atoms with Crippen LogP contribution in [0.3, 0.4) is 0 Å². The van der Waals surface area contributed by atoms with Crippen LogP contribution < -0.4 is 5.32 Å². The lowest BCUT2D eigenvalue weighted by Gasteiger charge is -2.03. The predicted molar refractivity (Wildman–Crippen MR) is 79.0 cm³/mol. The Bertz CT molecular complexity index is 754. The lowest BCUT2D eigenvalue weighted by molar-refractivity contribution is 0.619. The monoisotopic (exact) mass is 292 g/mol. The van der Waals surface area contributed by atoms with Crippen molar-refractivity contribution in [3.8, 4) is 0 Å². The summed E-state index contributed by atoms with van der Waals surface area (Å²) in [4.78, 5) is 4.43. The average molecular weight is 293 g/mol. The number of aromatic nitrogens is 1. The quantitative estimate of drug-likeness (QED) is 0.707. The lowest BCUT2D eigenvalue weighted by Crippen LogP contribution is -1.91. The summed E-state index contributed by atoms with van der Waals surface area (Å²) in [6.07, 6.45) is 0. The highest BCUT2D eigenvalue weighted by Gasteiger charge is 2.06. The van der Waals surface area contributed by atoms with Gasteiger partial charge in [-0.1, -0.05) is 29.0 Å². The van der Waals surface area contributed by atoms with Crippen molar-refractivity contribution < 1.29 is 4.39 Å². The van der Waals surface area contributed by atoms with Crippen molar-refractivity contribution in [2.45, 2.75) is 6.92 Å². The number of thiazole rings is 1. The summed E-state index contributed by atoms with van der Waals surface area (Å²) >= 11 is 7.42. The van der Waals surface area contributed by atoms with Gasteiger partial charge in [0.1, 0.15) is 5.82 Å². The van der Waals surface area contributed by atoms with Crippen LogP contribution in [-0.4, -0.2) is 4.98 Å².